The molecule has 7 heteroatoms. The van der Waals surface area contributed by atoms with Crippen LogP contribution in [0.15, 0.2) is 30.3 Å². The van der Waals surface area contributed by atoms with Gasteiger partial charge in [0.25, 0.3) is 5.91 Å². The molecule has 0 atom stereocenters. The molecule has 28 heavy (non-hydrogen) atoms. The summed E-state index contributed by atoms with van der Waals surface area (Å²) < 4.78 is 14.0. The van der Waals surface area contributed by atoms with Gasteiger partial charge in [-0.25, -0.2) is 14.4 Å². The highest BCUT2D eigenvalue weighted by Crippen LogP contribution is 2.21. The van der Waals surface area contributed by atoms with E-state index >= 15 is 0 Å². The Bertz CT molecular complexity index is 805. The number of nitrogens with one attached hydrogen (secondary N) is 1. The molecule has 1 aliphatic rings. The van der Waals surface area contributed by atoms with E-state index in [0.29, 0.717) is 50.1 Å². The van der Waals surface area contributed by atoms with E-state index < -0.39 is 0 Å². The lowest BCUT2D eigenvalue weighted by Crippen LogP contribution is -2.47. The van der Waals surface area contributed by atoms with E-state index in [4.69, 9.17) is 0 Å². The number of para-hydroxylation sites is 1. The molecule has 1 fully saturated rings. The van der Waals surface area contributed by atoms with E-state index in [1.165, 1.54) is 6.07 Å². The number of anilines is 2. The van der Waals surface area contributed by atoms with Crippen molar-refractivity contribution in [2.75, 3.05) is 42.5 Å². The van der Waals surface area contributed by atoms with E-state index in [0.717, 1.165) is 25.0 Å². The van der Waals surface area contributed by atoms with E-state index in [2.05, 4.69) is 27.1 Å². The molecule has 1 amide bonds. The summed E-state index contributed by atoms with van der Waals surface area (Å²) in [5, 5.41) is 2.93. The number of benzene rings is 1. The second kappa shape index (κ2) is 9.48. The van der Waals surface area contributed by atoms with Gasteiger partial charge in [-0.3, -0.25) is 4.79 Å². The quantitative estimate of drug-likeness (QED) is 0.742. The molecule has 0 saturated carbocycles. The molecule has 1 saturated heterocycles. The summed E-state index contributed by atoms with van der Waals surface area (Å²) in [6, 6.07) is 8.55. The van der Waals surface area contributed by atoms with Crippen LogP contribution in [0.2, 0.25) is 0 Å². The number of carbonyl (C=O) groups is 1. The van der Waals surface area contributed by atoms with Crippen LogP contribution in [-0.4, -0.2) is 48.6 Å². The number of aromatic nitrogens is 2. The molecule has 6 nitrogen and oxygen atoms in total. The lowest BCUT2D eigenvalue weighted by molar-refractivity contribution is 0.0947. The predicted molar refractivity (Wildman–Crippen MR) is 109 cm³/mol. The van der Waals surface area contributed by atoms with E-state index in [-0.39, 0.29) is 11.7 Å². The number of carbonyl (C=O) groups excluding carboxylic acids is 1. The molecule has 2 aromatic rings. The third kappa shape index (κ3) is 4.97. The van der Waals surface area contributed by atoms with Crippen molar-refractivity contribution in [2.24, 2.45) is 0 Å². The van der Waals surface area contributed by atoms with E-state index in [9.17, 15) is 9.18 Å². The summed E-state index contributed by atoms with van der Waals surface area (Å²) in [5.74, 6) is 0.199. The van der Waals surface area contributed by atoms with Crippen LogP contribution in [0.5, 0.6) is 0 Å². The lowest BCUT2D eigenvalue weighted by atomic mass is 10.2. The van der Waals surface area contributed by atoms with Gasteiger partial charge in [-0.15, -0.1) is 0 Å². The molecule has 0 bridgehead atoms. The Morgan fingerprint density at radius 2 is 1.82 bits per heavy atom. The van der Waals surface area contributed by atoms with Gasteiger partial charge in [-0.05, 0) is 31.5 Å². The van der Waals surface area contributed by atoms with Gasteiger partial charge in [-0.2, -0.15) is 0 Å². The maximum Gasteiger partial charge on any atom is 0.270 e. The van der Waals surface area contributed by atoms with Crippen LogP contribution in [0.25, 0.3) is 0 Å². The molecule has 0 spiro atoms. The minimum atomic E-state index is -0.204. The van der Waals surface area contributed by atoms with Crippen LogP contribution < -0.4 is 15.1 Å². The Balaban J connectivity index is 1.64. The minimum Gasteiger partial charge on any atom is -0.366 e. The zero-order chi connectivity index (χ0) is 19.9. The molecule has 0 radical (unpaired) electrons. The van der Waals surface area contributed by atoms with Crippen LogP contribution in [0.1, 0.15) is 42.4 Å². The first-order chi connectivity index (χ1) is 13.6. The Labute approximate surface area is 165 Å². The number of hydrogen-bond acceptors (Lipinski definition) is 5. The molecule has 150 valence electrons. The summed E-state index contributed by atoms with van der Waals surface area (Å²) >= 11 is 0. The van der Waals surface area contributed by atoms with Crippen LogP contribution in [-0.2, 0) is 0 Å². The van der Waals surface area contributed by atoms with E-state index in [1.807, 2.05) is 17.9 Å². The number of halogens is 1. The van der Waals surface area contributed by atoms with Gasteiger partial charge in [0, 0.05) is 38.4 Å². The Kier molecular flexibility index (Phi) is 6.79. The van der Waals surface area contributed by atoms with Crippen molar-refractivity contribution in [1.29, 1.82) is 0 Å². The standard InChI is InChI=1S/C21H28FN5O/c1-3-4-7-10-23-20(28)18-15-16(2)24-21(25-18)27-13-11-26(12-14-27)19-9-6-5-8-17(19)22/h5-6,8-9,15H,3-4,7,10-14H2,1-2H3,(H,23,28). The average Bonchev–Trinajstić information content (AvgIpc) is 2.71. The molecular formula is C21H28FN5O. The van der Waals surface area contributed by atoms with Gasteiger partial charge in [0.15, 0.2) is 0 Å². The highest BCUT2D eigenvalue weighted by Gasteiger charge is 2.22. The van der Waals surface area contributed by atoms with Crippen LogP contribution in [0.4, 0.5) is 16.0 Å². The van der Waals surface area contributed by atoms with Crippen molar-refractivity contribution in [3.05, 3.63) is 47.5 Å². The molecule has 1 aromatic carbocycles. The average molecular weight is 385 g/mol. The molecule has 1 aliphatic heterocycles. The zero-order valence-corrected chi connectivity index (χ0v) is 16.6. The van der Waals surface area contributed by atoms with Crippen molar-refractivity contribution in [3.8, 4) is 0 Å². The van der Waals surface area contributed by atoms with Gasteiger partial charge in [0.1, 0.15) is 11.5 Å². The number of unbranched alkanes of at least 4 members (excludes halogenated alkanes) is 2. The predicted octanol–water partition coefficient (Wildman–Crippen LogP) is 3.17. The third-order valence-corrected chi connectivity index (χ3v) is 4.90. The summed E-state index contributed by atoms with van der Waals surface area (Å²) in [5.41, 5.74) is 1.79. The van der Waals surface area contributed by atoms with Crippen molar-refractivity contribution in [2.45, 2.75) is 33.1 Å². The second-order valence-electron chi connectivity index (χ2n) is 7.08. The minimum absolute atomic E-state index is 0.159. The highest BCUT2D eigenvalue weighted by atomic mass is 19.1. The molecule has 0 unspecified atom stereocenters. The van der Waals surface area contributed by atoms with Gasteiger partial charge in [-0.1, -0.05) is 31.9 Å². The number of rotatable bonds is 7. The van der Waals surface area contributed by atoms with Gasteiger partial charge in [0.05, 0.1) is 5.69 Å². The van der Waals surface area contributed by atoms with Crippen LogP contribution >= 0.6 is 0 Å². The maximum atomic E-state index is 14.0. The maximum absolute atomic E-state index is 14.0. The fourth-order valence-electron chi connectivity index (χ4n) is 3.33. The topological polar surface area (TPSA) is 61.4 Å². The van der Waals surface area contributed by atoms with Crippen LogP contribution in [0.3, 0.4) is 0 Å². The van der Waals surface area contributed by atoms with Gasteiger partial charge >= 0.3 is 0 Å². The SMILES string of the molecule is CCCCCNC(=O)c1cc(C)nc(N2CCN(c3ccccc3F)CC2)n1. The van der Waals surface area contributed by atoms with Gasteiger partial charge < -0.3 is 15.1 Å². The Morgan fingerprint density at radius 3 is 2.54 bits per heavy atom. The number of aryl methyl sites for hydroxylation is 1. The summed E-state index contributed by atoms with van der Waals surface area (Å²) in [6.45, 7) is 7.37. The number of hydrogen-bond donors (Lipinski definition) is 1. The first-order valence-electron chi connectivity index (χ1n) is 9.97. The number of amides is 1. The van der Waals surface area contributed by atoms with Gasteiger partial charge in [0.2, 0.25) is 5.95 Å². The number of piperazine rings is 1. The van der Waals surface area contributed by atoms with Crippen molar-refractivity contribution in [1.82, 2.24) is 15.3 Å². The molecule has 3 rings (SSSR count). The Hall–Kier alpha value is -2.70. The normalized spacial score (nSPS) is 14.2. The van der Waals surface area contributed by atoms with Crippen molar-refractivity contribution >= 4 is 17.5 Å². The third-order valence-electron chi connectivity index (χ3n) is 4.90. The van der Waals surface area contributed by atoms with Crippen LogP contribution in [0, 0.1) is 12.7 Å². The summed E-state index contributed by atoms with van der Waals surface area (Å²) in [4.78, 5) is 25.5. The Morgan fingerprint density at radius 1 is 1.11 bits per heavy atom. The monoisotopic (exact) mass is 385 g/mol. The zero-order valence-electron chi connectivity index (χ0n) is 16.6. The first-order valence-corrected chi connectivity index (χ1v) is 9.97. The molecule has 0 aliphatic carbocycles. The summed E-state index contributed by atoms with van der Waals surface area (Å²) in [6.07, 6.45) is 3.18. The molecule has 1 N–H and O–H groups in total. The van der Waals surface area contributed by atoms with Crippen molar-refractivity contribution < 1.29 is 9.18 Å². The second-order valence-corrected chi connectivity index (χ2v) is 7.08. The smallest absolute Gasteiger partial charge is 0.270 e. The van der Waals surface area contributed by atoms with Crippen molar-refractivity contribution in [3.63, 3.8) is 0 Å². The summed E-state index contributed by atoms with van der Waals surface area (Å²) in [7, 11) is 0. The highest BCUT2D eigenvalue weighted by molar-refractivity contribution is 5.92. The molecular weight excluding hydrogens is 357 g/mol. The molecule has 1 aromatic heterocycles. The fourth-order valence-corrected chi connectivity index (χ4v) is 3.33. The molecule has 2 heterocycles. The number of nitrogens with zero attached hydrogens (tertiary/aromatic N) is 4. The lowest BCUT2D eigenvalue weighted by Gasteiger charge is -2.36. The largest absolute Gasteiger partial charge is 0.366 e. The van der Waals surface area contributed by atoms with E-state index in [1.54, 1.807) is 18.2 Å². The fraction of sp³-hybridized carbons (Fsp3) is 0.476. The first kappa shape index (κ1) is 20.0.